The number of hydrogen-bond donors (Lipinski definition) is 1. The number of ether oxygens (including phenoxy) is 1. The maximum absolute atomic E-state index is 11.4. The highest BCUT2D eigenvalue weighted by molar-refractivity contribution is 6.00. The van der Waals surface area contributed by atoms with Gasteiger partial charge in [0.2, 0.25) is 0 Å². The summed E-state index contributed by atoms with van der Waals surface area (Å²) in [5.41, 5.74) is 1.86. The van der Waals surface area contributed by atoms with Crippen LogP contribution in [-0.4, -0.2) is 22.8 Å². The van der Waals surface area contributed by atoms with Crippen LogP contribution in [0.3, 0.4) is 0 Å². The monoisotopic (exact) mass is 245 g/mol. The molecule has 94 valence electrons. The fourth-order valence-electron chi connectivity index (χ4n) is 2.33. The van der Waals surface area contributed by atoms with E-state index in [0.29, 0.717) is 12.3 Å². The molecule has 0 bridgehead atoms. The molecule has 0 radical (unpaired) electrons. The van der Waals surface area contributed by atoms with E-state index in [9.17, 15) is 9.90 Å². The van der Waals surface area contributed by atoms with Crippen molar-refractivity contribution in [1.82, 2.24) is 4.57 Å². The summed E-state index contributed by atoms with van der Waals surface area (Å²) in [4.78, 5) is 11.4. The molecule has 0 aliphatic rings. The number of nitrogens with zero attached hydrogens (tertiary/aromatic N) is 1. The average molecular weight is 245 g/mol. The van der Waals surface area contributed by atoms with Crippen molar-refractivity contribution in [2.45, 2.75) is 13.5 Å². The second-order valence-electron chi connectivity index (χ2n) is 4.03. The first-order valence-corrected chi connectivity index (χ1v) is 5.61. The lowest BCUT2D eigenvalue weighted by Gasteiger charge is -2.05. The van der Waals surface area contributed by atoms with E-state index in [-0.39, 0.29) is 5.69 Å². The standard InChI is InChI=1S/C14H15NO3/c1-4-8-15-10-6-5-7-11(18-3)12(10)9(2)13(15)14(16)17/h4-7H,1,8H2,2-3H3,(H,16,17). The number of carboxylic acids is 1. The zero-order valence-electron chi connectivity index (χ0n) is 10.4. The summed E-state index contributed by atoms with van der Waals surface area (Å²) >= 11 is 0. The molecule has 0 saturated carbocycles. The lowest BCUT2D eigenvalue weighted by atomic mass is 10.1. The molecule has 1 aromatic carbocycles. The first-order chi connectivity index (χ1) is 8.61. The fourth-order valence-corrected chi connectivity index (χ4v) is 2.33. The predicted octanol–water partition coefficient (Wildman–Crippen LogP) is 2.84. The minimum atomic E-state index is -0.937. The van der Waals surface area contributed by atoms with Gasteiger partial charge in [-0.25, -0.2) is 4.79 Å². The summed E-state index contributed by atoms with van der Waals surface area (Å²) in [6.07, 6.45) is 1.69. The van der Waals surface area contributed by atoms with Gasteiger partial charge < -0.3 is 14.4 Å². The third kappa shape index (κ3) is 1.66. The second-order valence-corrected chi connectivity index (χ2v) is 4.03. The molecule has 4 heteroatoms. The quantitative estimate of drug-likeness (QED) is 0.843. The molecular weight excluding hydrogens is 230 g/mol. The van der Waals surface area contributed by atoms with Gasteiger partial charge in [0.1, 0.15) is 11.4 Å². The molecule has 2 aromatic rings. The molecule has 4 nitrogen and oxygen atoms in total. The molecule has 0 unspecified atom stereocenters. The molecule has 1 aromatic heterocycles. The van der Waals surface area contributed by atoms with E-state index in [4.69, 9.17) is 4.74 Å². The van der Waals surface area contributed by atoms with Gasteiger partial charge >= 0.3 is 5.97 Å². The zero-order chi connectivity index (χ0) is 13.3. The van der Waals surface area contributed by atoms with Crippen molar-refractivity contribution >= 4 is 16.9 Å². The first-order valence-electron chi connectivity index (χ1n) is 5.61. The van der Waals surface area contributed by atoms with Crippen molar-refractivity contribution < 1.29 is 14.6 Å². The Morgan fingerprint density at radius 2 is 2.28 bits per heavy atom. The van der Waals surface area contributed by atoms with Crippen LogP contribution in [0.15, 0.2) is 30.9 Å². The van der Waals surface area contributed by atoms with Crippen LogP contribution < -0.4 is 4.74 Å². The minimum absolute atomic E-state index is 0.286. The number of aromatic nitrogens is 1. The number of hydrogen-bond acceptors (Lipinski definition) is 2. The molecule has 0 amide bonds. The predicted molar refractivity (Wildman–Crippen MR) is 70.4 cm³/mol. The van der Waals surface area contributed by atoms with Gasteiger partial charge in [0.15, 0.2) is 0 Å². The van der Waals surface area contributed by atoms with Gasteiger partial charge in [-0.3, -0.25) is 0 Å². The number of rotatable bonds is 4. The lowest BCUT2D eigenvalue weighted by Crippen LogP contribution is -2.08. The van der Waals surface area contributed by atoms with E-state index < -0.39 is 5.97 Å². The normalized spacial score (nSPS) is 10.6. The Labute approximate surface area is 105 Å². The summed E-state index contributed by atoms with van der Waals surface area (Å²) in [6, 6.07) is 5.58. The second kappa shape index (κ2) is 4.56. The number of aryl methyl sites for hydroxylation is 1. The summed E-state index contributed by atoms with van der Waals surface area (Å²) in [5.74, 6) is -0.247. The van der Waals surface area contributed by atoms with Crippen LogP contribution in [-0.2, 0) is 6.54 Å². The number of aromatic carboxylic acids is 1. The highest BCUT2D eigenvalue weighted by atomic mass is 16.5. The van der Waals surface area contributed by atoms with Crippen LogP contribution in [0.4, 0.5) is 0 Å². The van der Waals surface area contributed by atoms with Gasteiger partial charge in [0.25, 0.3) is 0 Å². The molecule has 1 N–H and O–H groups in total. The Kier molecular flexibility index (Phi) is 3.10. The minimum Gasteiger partial charge on any atom is -0.496 e. The highest BCUT2D eigenvalue weighted by Crippen LogP contribution is 2.33. The van der Waals surface area contributed by atoms with Crippen LogP contribution >= 0.6 is 0 Å². The molecular formula is C14H15NO3. The summed E-state index contributed by atoms with van der Waals surface area (Å²) in [7, 11) is 1.58. The third-order valence-corrected chi connectivity index (χ3v) is 3.03. The van der Waals surface area contributed by atoms with Gasteiger partial charge in [0.05, 0.1) is 12.6 Å². The van der Waals surface area contributed by atoms with Crippen LogP contribution in [0.5, 0.6) is 5.75 Å². The number of methoxy groups -OCH3 is 1. The summed E-state index contributed by atoms with van der Waals surface area (Å²) in [6.45, 7) is 5.93. The average Bonchev–Trinajstić information content (AvgIpc) is 2.63. The molecule has 0 spiro atoms. The number of allylic oxidation sites excluding steroid dienone is 1. The van der Waals surface area contributed by atoms with Gasteiger partial charge in [-0.2, -0.15) is 0 Å². The molecule has 18 heavy (non-hydrogen) atoms. The Hall–Kier alpha value is -2.23. The Morgan fingerprint density at radius 1 is 1.56 bits per heavy atom. The van der Waals surface area contributed by atoms with E-state index in [1.165, 1.54) is 0 Å². The van der Waals surface area contributed by atoms with E-state index in [1.807, 2.05) is 18.2 Å². The van der Waals surface area contributed by atoms with E-state index in [2.05, 4.69) is 6.58 Å². The number of carboxylic acid groups (broad SMARTS) is 1. The first kappa shape index (κ1) is 12.2. The third-order valence-electron chi connectivity index (χ3n) is 3.03. The largest absolute Gasteiger partial charge is 0.496 e. The van der Waals surface area contributed by atoms with Crippen molar-refractivity contribution in [2.24, 2.45) is 0 Å². The molecule has 1 heterocycles. The summed E-state index contributed by atoms with van der Waals surface area (Å²) < 4.78 is 7.04. The Bertz CT molecular complexity index is 625. The highest BCUT2D eigenvalue weighted by Gasteiger charge is 2.21. The zero-order valence-corrected chi connectivity index (χ0v) is 10.4. The van der Waals surface area contributed by atoms with Gasteiger partial charge in [0, 0.05) is 11.9 Å². The molecule has 2 rings (SSSR count). The topological polar surface area (TPSA) is 51.5 Å². The lowest BCUT2D eigenvalue weighted by molar-refractivity contribution is 0.0685. The van der Waals surface area contributed by atoms with Crippen LogP contribution in [0.1, 0.15) is 16.1 Å². The maximum Gasteiger partial charge on any atom is 0.352 e. The Balaban J connectivity index is 2.90. The smallest absolute Gasteiger partial charge is 0.352 e. The van der Waals surface area contributed by atoms with E-state index in [0.717, 1.165) is 16.5 Å². The molecule has 0 fully saturated rings. The van der Waals surface area contributed by atoms with Crippen LogP contribution in [0.25, 0.3) is 10.9 Å². The van der Waals surface area contributed by atoms with Gasteiger partial charge in [-0.1, -0.05) is 12.1 Å². The van der Waals surface area contributed by atoms with Crippen molar-refractivity contribution in [3.05, 3.63) is 42.1 Å². The number of benzene rings is 1. The maximum atomic E-state index is 11.4. The molecule has 0 atom stereocenters. The van der Waals surface area contributed by atoms with Crippen LogP contribution in [0, 0.1) is 6.92 Å². The molecule has 0 aliphatic heterocycles. The number of fused-ring (bicyclic) bond motifs is 1. The van der Waals surface area contributed by atoms with Gasteiger partial charge in [-0.15, -0.1) is 6.58 Å². The Morgan fingerprint density at radius 3 is 2.83 bits per heavy atom. The van der Waals surface area contributed by atoms with E-state index in [1.54, 1.807) is 24.7 Å². The van der Waals surface area contributed by atoms with Crippen molar-refractivity contribution in [3.63, 3.8) is 0 Å². The fraction of sp³-hybridized carbons (Fsp3) is 0.214. The van der Waals surface area contributed by atoms with Crippen LogP contribution in [0.2, 0.25) is 0 Å². The van der Waals surface area contributed by atoms with Crippen molar-refractivity contribution in [2.75, 3.05) is 7.11 Å². The SMILES string of the molecule is C=CCn1c(C(=O)O)c(C)c2c(OC)cccc21. The van der Waals surface area contributed by atoms with Crippen molar-refractivity contribution in [1.29, 1.82) is 0 Å². The van der Waals surface area contributed by atoms with Crippen molar-refractivity contribution in [3.8, 4) is 5.75 Å². The summed E-state index contributed by atoms with van der Waals surface area (Å²) in [5, 5.41) is 10.2. The number of carbonyl (C=O) groups is 1. The molecule has 0 saturated heterocycles. The van der Waals surface area contributed by atoms with Gasteiger partial charge in [-0.05, 0) is 24.6 Å². The van der Waals surface area contributed by atoms with E-state index >= 15 is 0 Å². The molecule has 0 aliphatic carbocycles.